The summed E-state index contributed by atoms with van der Waals surface area (Å²) < 4.78 is 6.10. The molecule has 0 aliphatic carbocycles. The lowest BCUT2D eigenvalue weighted by Gasteiger charge is -2.22. The number of nitrogens with two attached hydrogens (primary N) is 1. The van der Waals surface area contributed by atoms with Gasteiger partial charge in [0.1, 0.15) is 0 Å². The highest BCUT2D eigenvalue weighted by Crippen LogP contribution is 2.32. The molecule has 1 fully saturated rings. The van der Waals surface area contributed by atoms with Crippen LogP contribution >= 0.6 is 0 Å². The van der Waals surface area contributed by atoms with Crippen molar-refractivity contribution in [2.45, 2.75) is 44.7 Å². The second kappa shape index (κ2) is 10.00. The number of nitrogens with zero attached hydrogens (tertiary/aromatic N) is 4. The number of hydrogen-bond acceptors (Lipinski definition) is 6. The van der Waals surface area contributed by atoms with Gasteiger partial charge >= 0.3 is 0 Å². The molecule has 37 heavy (non-hydrogen) atoms. The maximum atomic E-state index is 13.5. The molecular weight excluding hydrogens is 462 g/mol. The van der Waals surface area contributed by atoms with Crippen LogP contribution in [0.2, 0.25) is 0 Å². The van der Waals surface area contributed by atoms with E-state index in [1.54, 1.807) is 12.1 Å². The number of benzene rings is 3. The van der Waals surface area contributed by atoms with Crippen LogP contribution in [0.25, 0.3) is 22.6 Å². The van der Waals surface area contributed by atoms with Crippen LogP contribution in [0, 0.1) is 11.3 Å². The van der Waals surface area contributed by atoms with Crippen LogP contribution < -0.4 is 5.73 Å². The highest BCUT2D eigenvalue weighted by atomic mass is 16.4. The average Bonchev–Trinajstić information content (AvgIpc) is 3.58. The number of rotatable bonds is 6. The molecule has 4 aromatic rings. The maximum absolute atomic E-state index is 13.5. The largest absolute Gasteiger partial charge is 0.419 e. The second-order valence-corrected chi connectivity index (χ2v) is 9.94. The highest BCUT2D eigenvalue weighted by Gasteiger charge is 2.30. The standard InChI is InChI=1S/C30H29N5O2/c1-20-9-8-14-35(20)28(36)25-16-23(26-13-7-6-12-22(26)19-31)15-24(17-25)27-33-34-29(37-27)30(2,32)18-21-10-4-3-5-11-21/h3-7,10-13,15-17,20H,8-9,14,18,32H2,1-2H3/t20?,30-/m0/s1. The molecule has 3 aromatic carbocycles. The second-order valence-electron chi connectivity index (χ2n) is 9.94. The van der Waals surface area contributed by atoms with Crippen LogP contribution in [-0.2, 0) is 12.0 Å². The van der Waals surface area contributed by atoms with Crippen molar-refractivity contribution >= 4 is 5.91 Å². The Morgan fingerprint density at radius 1 is 1.11 bits per heavy atom. The van der Waals surface area contributed by atoms with Crippen molar-refractivity contribution in [3.05, 3.63) is 95.4 Å². The summed E-state index contributed by atoms with van der Waals surface area (Å²) in [5.41, 5.74) is 9.93. The first-order chi connectivity index (χ1) is 17.9. The van der Waals surface area contributed by atoms with E-state index in [1.165, 1.54) is 0 Å². The molecule has 1 saturated heterocycles. The van der Waals surface area contributed by atoms with Crippen molar-refractivity contribution in [3.63, 3.8) is 0 Å². The van der Waals surface area contributed by atoms with Crippen molar-refractivity contribution in [1.82, 2.24) is 15.1 Å². The van der Waals surface area contributed by atoms with Crippen LogP contribution in [-0.4, -0.2) is 33.6 Å². The van der Waals surface area contributed by atoms with Gasteiger partial charge in [0.05, 0.1) is 17.2 Å². The molecule has 5 rings (SSSR count). The van der Waals surface area contributed by atoms with Crippen molar-refractivity contribution in [2.75, 3.05) is 6.54 Å². The molecule has 2 atom stereocenters. The first-order valence-electron chi connectivity index (χ1n) is 12.5. The lowest BCUT2D eigenvalue weighted by molar-refractivity contribution is 0.0747. The Hall–Kier alpha value is -4.28. The van der Waals surface area contributed by atoms with Crippen LogP contribution in [0.3, 0.4) is 0 Å². The number of hydrogen-bond donors (Lipinski definition) is 1. The van der Waals surface area contributed by atoms with E-state index in [-0.39, 0.29) is 17.8 Å². The molecule has 0 spiro atoms. The molecule has 1 aliphatic heterocycles. The Labute approximate surface area is 216 Å². The average molecular weight is 492 g/mol. The predicted octanol–water partition coefficient (Wildman–Crippen LogP) is 5.32. The maximum Gasteiger partial charge on any atom is 0.254 e. The van der Waals surface area contributed by atoms with E-state index in [2.05, 4.69) is 23.2 Å². The van der Waals surface area contributed by atoms with Gasteiger partial charge in [-0.05, 0) is 74.1 Å². The lowest BCUT2D eigenvalue weighted by Crippen LogP contribution is -2.35. The summed E-state index contributed by atoms with van der Waals surface area (Å²) in [5, 5.41) is 18.3. The topological polar surface area (TPSA) is 109 Å². The van der Waals surface area contributed by atoms with Crippen LogP contribution in [0.4, 0.5) is 0 Å². The quantitative estimate of drug-likeness (QED) is 0.391. The minimum atomic E-state index is -0.874. The summed E-state index contributed by atoms with van der Waals surface area (Å²) in [4.78, 5) is 15.4. The minimum absolute atomic E-state index is 0.0463. The van der Waals surface area contributed by atoms with Crippen molar-refractivity contribution in [2.24, 2.45) is 5.73 Å². The third-order valence-corrected chi connectivity index (χ3v) is 6.93. The normalized spacial score (nSPS) is 16.8. The summed E-state index contributed by atoms with van der Waals surface area (Å²) in [6.45, 7) is 4.66. The summed E-state index contributed by atoms with van der Waals surface area (Å²) >= 11 is 0. The molecule has 186 valence electrons. The zero-order valence-electron chi connectivity index (χ0n) is 21.0. The fourth-order valence-electron chi connectivity index (χ4n) is 4.93. The molecular formula is C30H29N5O2. The smallest absolute Gasteiger partial charge is 0.254 e. The van der Waals surface area contributed by atoms with E-state index in [4.69, 9.17) is 10.2 Å². The van der Waals surface area contributed by atoms with Crippen LogP contribution in [0.5, 0.6) is 0 Å². The minimum Gasteiger partial charge on any atom is -0.419 e. The summed E-state index contributed by atoms with van der Waals surface area (Å²) in [6, 6.07) is 25.2. The van der Waals surface area contributed by atoms with Gasteiger partial charge in [-0.25, -0.2) is 0 Å². The van der Waals surface area contributed by atoms with E-state index >= 15 is 0 Å². The van der Waals surface area contributed by atoms with Gasteiger partial charge in [0.15, 0.2) is 0 Å². The van der Waals surface area contributed by atoms with Crippen LogP contribution in [0.15, 0.2) is 77.2 Å². The van der Waals surface area contributed by atoms with Gasteiger partial charge in [-0.1, -0.05) is 48.5 Å². The molecule has 1 aromatic heterocycles. The summed E-state index contributed by atoms with van der Waals surface area (Å²) in [5.74, 6) is 0.546. The molecule has 2 heterocycles. The number of aromatic nitrogens is 2. The zero-order chi connectivity index (χ0) is 26.0. The van der Waals surface area contributed by atoms with E-state index < -0.39 is 5.54 Å². The molecule has 0 saturated carbocycles. The number of carbonyl (C=O) groups is 1. The fraction of sp³-hybridized carbons (Fsp3) is 0.267. The number of likely N-dealkylation sites (tertiary alicyclic amines) is 1. The van der Waals surface area contributed by atoms with Gasteiger partial charge in [0.2, 0.25) is 11.8 Å². The molecule has 0 bridgehead atoms. The number of amides is 1. The fourth-order valence-corrected chi connectivity index (χ4v) is 4.93. The molecule has 1 aliphatic rings. The van der Waals surface area contributed by atoms with E-state index in [1.807, 2.05) is 72.5 Å². The van der Waals surface area contributed by atoms with Crippen LogP contribution in [0.1, 0.15) is 54.1 Å². The van der Waals surface area contributed by atoms with Gasteiger partial charge in [-0.2, -0.15) is 5.26 Å². The van der Waals surface area contributed by atoms with Gasteiger partial charge in [0.25, 0.3) is 5.91 Å². The van der Waals surface area contributed by atoms with Crippen molar-refractivity contribution in [3.8, 4) is 28.7 Å². The molecule has 2 N–H and O–H groups in total. The molecule has 7 nitrogen and oxygen atoms in total. The van der Waals surface area contributed by atoms with Gasteiger partial charge in [-0.15, -0.1) is 10.2 Å². The summed E-state index contributed by atoms with van der Waals surface area (Å²) in [6.07, 6.45) is 2.50. The summed E-state index contributed by atoms with van der Waals surface area (Å²) in [7, 11) is 0. The number of carbonyl (C=O) groups excluding carboxylic acids is 1. The molecule has 0 radical (unpaired) electrons. The Balaban J connectivity index is 1.56. The Morgan fingerprint density at radius 2 is 1.84 bits per heavy atom. The first-order valence-corrected chi connectivity index (χ1v) is 12.5. The Kier molecular flexibility index (Phi) is 6.60. The molecule has 1 amide bonds. The monoisotopic (exact) mass is 491 g/mol. The van der Waals surface area contributed by atoms with Gasteiger partial charge in [-0.3, -0.25) is 4.79 Å². The van der Waals surface area contributed by atoms with Gasteiger partial charge < -0.3 is 15.1 Å². The SMILES string of the molecule is CC1CCCN1C(=O)c1cc(-c2nnc([C@@](C)(N)Cc3ccccc3)o2)cc(-c2ccccc2C#N)c1. The third kappa shape index (κ3) is 5.02. The van der Waals surface area contributed by atoms with E-state index in [0.717, 1.165) is 36.1 Å². The van der Waals surface area contributed by atoms with E-state index in [9.17, 15) is 10.1 Å². The highest BCUT2D eigenvalue weighted by molar-refractivity contribution is 5.97. The van der Waals surface area contributed by atoms with E-state index in [0.29, 0.717) is 29.0 Å². The number of nitriles is 1. The van der Waals surface area contributed by atoms with Crippen molar-refractivity contribution < 1.29 is 9.21 Å². The zero-order valence-corrected chi connectivity index (χ0v) is 21.0. The Morgan fingerprint density at radius 3 is 2.57 bits per heavy atom. The Bertz CT molecular complexity index is 1470. The lowest BCUT2D eigenvalue weighted by atomic mass is 9.94. The third-order valence-electron chi connectivity index (χ3n) is 6.93. The molecule has 1 unspecified atom stereocenters. The first kappa shape index (κ1) is 24.4. The van der Waals surface area contributed by atoms with Crippen molar-refractivity contribution in [1.29, 1.82) is 5.26 Å². The molecule has 7 heteroatoms. The van der Waals surface area contributed by atoms with Gasteiger partial charge in [0, 0.05) is 23.7 Å². The predicted molar refractivity (Wildman–Crippen MR) is 141 cm³/mol.